The van der Waals surface area contributed by atoms with Crippen molar-refractivity contribution in [2.45, 2.75) is 13.0 Å². The highest BCUT2D eigenvalue weighted by Gasteiger charge is 2.24. The smallest absolute Gasteiger partial charge is 0.270 e. The summed E-state index contributed by atoms with van der Waals surface area (Å²) in [5, 5.41) is 24.5. The molecule has 26 heavy (non-hydrogen) atoms. The molecule has 0 aliphatic carbocycles. The van der Waals surface area contributed by atoms with E-state index in [1.807, 2.05) is 4.90 Å². The number of hydrogen-bond donors (Lipinski definition) is 1. The first kappa shape index (κ1) is 17.3. The second kappa shape index (κ2) is 6.79. The van der Waals surface area contributed by atoms with Crippen molar-refractivity contribution in [1.29, 1.82) is 0 Å². The zero-order valence-corrected chi connectivity index (χ0v) is 14.0. The third-order valence-corrected chi connectivity index (χ3v) is 4.42. The van der Waals surface area contributed by atoms with Crippen molar-refractivity contribution in [2.75, 3.05) is 18.5 Å². The predicted molar refractivity (Wildman–Crippen MR) is 94.3 cm³/mol. The second-order valence-electron chi connectivity index (χ2n) is 5.92. The topological polar surface area (TPSA) is 119 Å². The fourth-order valence-electron chi connectivity index (χ4n) is 3.09. The van der Waals surface area contributed by atoms with Gasteiger partial charge in [0.2, 0.25) is 0 Å². The van der Waals surface area contributed by atoms with Crippen LogP contribution in [0.2, 0.25) is 0 Å². The molecule has 1 aliphatic heterocycles. The summed E-state index contributed by atoms with van der Waals surface area (Å²) < 4.78 is 0. The van der Waals surface area contributed by atoms with Crippen LogP contribution in [0.1, 0.15) is 21.5 Å². The average molecular weight is 356 g/mol. The standard InChI is InChI=1S/C17H16N4O5/c1-18-17(22)15-9-14(21(25)26)4-5-16(15)19-7-6-11-2-3-13(20(23)24)8-12(11)10-19/h2-5,8-9H,6-7,10H2,1H3,(H,18,22). The van der Waals surface area contributed by atoms with Gasteiger partial charge in [0.1, 0.15) is 0 Å². The van der Waals surface area contributed by atoms with Gasteiger partial charge in [0, 0.05) is 44.4 Å². The highest BCUT2D eigenvalue weighted by molar-refractivity contribution is 6.00. The van der Waals surface area contributed by atoms with Gasteiger partial charge in [0.05, 0.1) is 21.1 Å². The normalized spacial score (nSPS) is 13.0. The number of fused-ring (bicyclic) bond motifs is 1. The van der Waals surface area contributed by atoms with E-state index >= 15 is 0 Å². The fourth-order valence-corrected chi connectivity index (χ4v) is 3.09. The van der Waals surface area contributed by atoms with E-state index in [4.69, 9.17) is 0 Å². The summed E-state index contributed by atoms with van der Waals surface area (Å²) in [7, 11) is 1.46. The SMILES string of the molecule is CNC(=O)c1cc([N+](=O)[O-])ccc1N1CCc2ccc([N+](=O)[O-])cc2C1. The molecule has 3 rings (SSSR count). The van der Waals surface area contributed by atoms with Crippen molar-refractivity contribution >= 4 is 23.0 Å². The Morgan fingerprint density at radius 3 is 2.35 bits per heavy atom. The lowest BCUT2D eigenvalue weighted by atomic mass is 9.97. The lowest BCUT2D eigenvalue weighted by Gasteiger charge is -2.31. The van der Waals surface area contributed by atoms with Gasteiger partial charge in [-0.15, -0.1) is 0 Å². The molecule has 0 unspecified atom stereocenters. The summed E-state index contributed by atoms with van der Waals surface area (Å²) in [6.07, 6.45) is 0.664. The van der Waals surface area contributed by atoms with Gasteiger partial charge < -0.3 is 10.2 Å². The van der Waals surface area contributed by atoms with Crippen LogP contribution in [0.5, 0.6) is 0 Å². The third-order valence-electron chi connectivity index (χ3n) is 4.42. The first-order valence-electron chi connectivity index (χ1n) is 7.92. The number of nitro groups is 2. The van der Waals surface area contributed by atoms with Gasteiger partial charge in [-0.2, -0.15) is 0 Å². The summed E-state index contributed by atoms with van der Waals surface area (Å²) in [5.41, 5.74) is 2.45. The van der Waals surface area contributed by atoms with Crippen molar-refractivity contribution in [1.82, 2.24) is 5.32 Å². The van der Waals surface area contributed by atoms with Gasteiger partial charge in [-0.05, 0) is 23.6 Å². The molecule has 0 saturated heterocycles. The molecule has 2 aromatic carbocycles. The first-order valence-corrected chi connectivity index (χ1v) is 7.92. The van der Waals surface area contributed by atoms with Crippen molar-refractivity contribution in [2.24, 2.45) is 0 Å². The Morgan fingerprint density at radius 2 is 1.69 bits per heavy atom. The highest BCUT2D eigenvalue weighted by atomic mass is 16.6. The molecule has 0 atom stereocenters. The fraction of sp³-hybridized carbons (Fsp3) is 0.235. The van der Waals surface area contributed by atoms with Gasteiger partial charge in [0.25, 0.3) is 17.3 Å². The minimum absolute atomic E-state index is 0.0147. The maximum atomic E-state index is 12.2. The molecule has 0 aromatic heterocycles. The van der Waals surface area contributed by atoms with E-state index in [9.17, 15) is 25.0 Å². The van der Waals surface area contributed by atoms with E-state index in [-0.39, 0.29) is 16.9 Å². The molecule has 0 radical (unpaired) electrons. The third kappa shape index (κ3) is 3.18. The molecule has 1 N–H and O–H groups in total. The number of hydrogen-bond acceptors (Lipinski definition) is 6. The first-order chi connectivity index (χ1) is 12.4. The van der Waals surface area contributed by atoms with Crippen LogP contribution >= 0.6 is 0 Å². The van der Waals surface area contributed by atoms with Crippen LogP contribution < -0.4 is 10.2 Å². The molecule has 0 fully saturated rings. The summed E-state index contributed by atoms with van der Waals surface area (Å²) >= 11 is 0. The van der Waals surface area contributed by atoms with Crippen LogP contribution in [0.25, 0.3) is 0 Å². The highest BCUT2D eigenvalue weighted by Crippen LogP contribution is 2.31. The lowest BCUT2D eigenvalue weighted by Crippen LogP contribution is -2.32. The molecule has 9 nitrogen and oxygen atoms in total. The van der Waals surface area contributed by atoms with Crippen LogP contribution in [0.4, 0.5) is 17.1 Å². The number of anilines is 1. The molecule has 9 heteroatoms. The monoisotopic (exact) mass is 356 g/mol. The minimum atomic E-state index is -0.551. The number of nitrogens with one attached hydrogen (secondary N) is 1. The Hall–Kier alpha value is -3.49. The molecule has 0 bridgehead atoms. The summed E-state index contributed by atoms with van der Waals surface area (Å²) in [6, 6.07) is 8.91. The zero-order valence-electron chi connectivity index (χ0n) is 14.0. The minimum Gasteiger partial charge on any atom is -0.366 e. The maximum Gasteiger partial charge on any atom is 0.270 e. The van der Waals surface area contributed by atoms with Crippen LogP contribution in [0.3, 0.4) is 0 Å². The number of nitro benzene ring substituents is 2. The van der Waals surface area contributed by atoms with Crippen molar-refractivity contribution < 1.29 is 14.6 Å². The Balaban J connectivity index is 1.99. The van der Waals surface area contributed by atoms with Crippen molar-refractivity contribution in [3.05, 3.63) is 73.3 Å². The van der Waals surface area contributed by atoms with Crippen molar-refractivity contribution in [3.63, 3.8) is 0 Å². The molecule has 1 aliphatic rings. The zero-order chi connectivity index (χ0) is 18.8. The van der Waals surface area contributed by atoms with Crippen LogP contribution in [-0.4, -0.2) is 29.3 Å². The summed E-state index contributed by atoms with van der Waals surface area (Å²) in [5.74, 6) is -0.423. The molecule has 2 aromatic rings. The van der Waals surface area contributed by atoms with Gasteiger partial charge >= 0.3 is 0 Å². The molecule has 0 saturated carbocycles. The summed E-state index contributed by atoms with van der Waals surface area (Å²) in [4.78, 5) is 35.1. The number of nitrogens with zero attached hydrogens (tertiary/aromatic N) is 3. The Kier molecular flexibility index (Phi) is 4.53. The van der Waals surface area contributed by atoms with E-state index in [0.717, 1.165) is 11.1 Å². The number of benzene rings is 2. The van der Waals surface area contributed by atoms with Gasteiger partial charge in [-0.1, -0.05) is 6.07 Å². The van der Waals surface area contributed by atoms with E-state index in [0.29, 0.717) is 25.2 Å². The predicted octanol–water partition coefficient (Wildman–Crippen LogP) is 2.43. The molecular weight excluding hydrogens is 340 g/mol. The maximum absolute atomic E-state index is 12.2. The van der Waals surface area contributed by atoms with E-state index in [1.54, 1.807) is 12.1 Å². The second-order valence-corrected chi connectivity index (χ2v) is 5.92. The van der Waals surface area contributed by atoms with E-state index in [1.165, 1.54) is 31.3 Å². The molecule has 134 valence electrons. The lowest BCUT2D eigenvalue weighted by molar-refractivity contribution is -0.385. The van der Waals surface area contributed by atoms with Gasteiger partial charge in [-0.25, -0.2) is 0 Å². The quantitative estimate of drug-likeness (QED) is 0.664. The Morgan fingerprint density at radius 1 is 1.04 bits per heavy atom. The number of non-ortho nitro benzene ring substituents is 2. The molecule has 1 amide bonds. The van der Waals surface area contributed by atoms with Crippen LogP contribution in [0.15, 0.2) is 36.4 Å². The summed E-state index contributed by atoms with van der Waals surface area (Å²) in [6.45, 7) is 0.992. The number of amides is 1. The van der Waals surface area contributed by atoms with Gasteiger partial charge in [-0.3, -0.25) is 25.0 Å². The molecule has 0 spiro atoms. The van der Waals surface area contributed by atoms with Crippen molar-refractivity contribution in [3.8, 4) is 0 Å². The Labute approximate surface area is 148 Å². The van der Waals surface area contributed by atoms with Crippen LogP contribution in [-0.2, 0) is 13.0 Å². The molecular formula is C17H16N4O5. The largest absolute Gasteiger partial charge is 0.366 e. The number of carbonyl (C=O) groups is 1. The Bertz CT molecular complexity index is 912. The van der Waals surface area contributed by atoms with Crippen LogP contribution in [0, 0.1) is 20.2 Å². The average Bonchev–Trinajstić information content (AvgIpc) is 2.65. The number of rotatable bonds is 4. The number of carbonyl (C=O) groups excluding carboxylic acids is 1. The van der Waals surface area contributed by atoms with Gasteiger partial charge in [0.15, 0.2) is 0 Å². The molecule has 1 heterocycles. The van der Waals surface area contributed by atoms with E-state index < -0.39 is 15.8 Å². The van der Waals surface area contributed by atoms with E-state index in [2.05, 4.69) is 5.32 Å².